The molecular weight excluding hydrogens is 308 g/mol. The molecule has 0 atom stereocenters. The van der Waals surface area contributed by atoms with E-state index in [-0.39, 0.29) is 18.3 Å². The topological polar surface area (TPSA) is 68.7 Å². The van der Waals surface area contributed by atoms with Crippen LogP contribution in [0.4, 0.5) is 0 Å². The number of para-hydroxylation sites is 1. The SMILES string of the molecule is Cc1cc(CN(C)C(=O)c2occc2COc2ccccc2)no1. The zero-order valence-corrected chi connectivity index (χ0v) is 13.6. The number of carbonyl (C=O) groups is 1. The number of ether oxygens (including phenoxy) is 1. The summed E-state index contributed by atoms with van der Waals surface area (Å²) in [5.41, 5.74) is 1.39. The number of nitrogens with zero attached hydrogens (tertiary/aromatic N) is 2. The summed E-state index contributed by atoms with van der Waals surface area (Å²) < 4.78 is 16.1. The third-order valence-corrected chi connectivity index (χ3v) is 3.50. The molecule has 24 heavy (non-hydrogen) atoms. The average Bonchev–Trinajstić information content (AvgIpc) is 3.22. The number of amides is 1. The number of benzene rings is 1. The van der Waals surface area contributed by atoms with Crippen molar-refractivity contribution in [3.05, 3.63) is 71.5 Å². The predicted octanol–water partition coefficient (Wildman–Crippen LogP) is 3.43. The molecule has 6 nitrogen and oxygen atoms in total. The van der Waals surface area contributed by atoms with Gasteiger partial charge in [0.15, 0.2) is 5.76 Å². The molecule has 0 bridgehead atoms. The van der Waals surface area contributed by atoms with E-state index in [2.05, 4.69) is 5.16 Å². The predicted molar refractivity (Wildman–Crippen MR) is 86.5 cm³/mol. The van der Waals surface area contributed by atoms with Crippen LogP contribution in [-0.4, -0.2) is 23.0 Å². The normalized spacial score (nSPS) is 10.6. The Morgan fingerprint density at radius 2 is 2.04 bits per heavy atom. The zero-order chi connectivity index (χ0) is 16.9. The molecular formula is C18H18N2O4. The Labute approximate surface area is 139 Å². The van der Waals surface area contributed by atoms with E-state index in [1.165, 1.54) is 11.2 Å². The highest BCUT2D eigenvalue weighted by Crippen LogP contribution is 2.18. The number of hydrogen-bond donors (Lipinski definition) is 0. The first-order valence-corrected chi connectivity index (χ1v) is 7.55. The molecule has 0 spiro atoms. The second-order valence-corrected chi connectivity index (χ2v) is 5.47. The van der Waals surface area contributed by atoms with Gasteiger partial charge in [-0.25, -0.2) is 0 Å². The molecule has 0 saturated heterocycles. The lowest BCUT2D eigenvalue weighted by Crippen LogP contribution is -2.27. The summed E-state index contributed by atoms with van der Waals surface area (Å²) >= 11 is 0. The van der Waals surface area contributed by atoms with Crippen LogP contribution in [0, 0.1) is 6.92 Å². The maximum Gasteiger partial charge on any atom is 0.290 e. The molecule has 1 amide bonds. The summed E-state index contributed by atoms with van der Waals surface area (Å²) in [6.07, 6.45) is 1.49. The number of furan rings is 1. The van der Waals surface area contributed by atoms with Crippen LogP contribution >= 0.6 is 0 Å². The molecule has 6 heteroatoms. The number of carbonyl (C=O) groups excluding carboxylic acids is 1. The number of aromatic nitrogens is 1. The minimum absolute atomic E-state index is 0.229. The molecule has 0 aliphatic rings. The van der Waals surface area contributed by atoms with Gasteiger partial charge in [0, 0.05) is 18.7 Å². The number of rotatable bonds is 6. The largest absolute Gasteiger partial charge is 0.489 e. The fraction of sp³-hybridized carbons (Fsp3) is 0.222. The van der Waals surface area contributed by atoms with E-state index in [0.29, 0.717) is 23.6 Å². The van der Waals surface area contributed by atoms with E-state index in [0.717, 1.165) is 5.75 Å². The van der Waals surface area contributed by atoms with Crippen molar-refractivity contribution in [1.29, 1.82) is 0 Å². The van der Waals surface area contributed by atoms with Gasteiger partial charge in [0.1, 0.15) is 23.8 Å². The Hall–Kier alpha value is -3.02. The maximum absolute atomic E-state index is 12.6. The van der Waals surface area contributed by atoms with Gasteiger partial charge in [-0.05, 0) is 25.1 Å². The highest BCUT2D eigenvalue weighted by Gasteiger charge is 2.21. The van der Waals surface area contributed by atoms with Crippen molar-refractivity contribution in [3.63, 3.8) is 0 Å². The van der Waals surface area contributed by atoms with Crippen molar-refractivity contribution in [3.8, 4) is 5.75 Å². The minimum Gasteiger partial charge on any atom is -0.489 e. The Kier molecular flexibility index (Phi) is 4.65. The number of hydrogen-bond acceptors (Lipinski definition) is 5. The molecule has 0 saturated carbocycles. The van der Waals surface area contributed by atoms with Crippen LogP contribution in [0.2, 0.25) is 0 Å². The lowest BCUT2D eigenvalue weighted by molar-refractivity contribution is 0.0746. The summed E-state index contributed by atoms with van der Waals surface area (Å²) in [6, 6.07) is 13.0. The Morgan fingerprint density at radius 1 is 1.25 bits per heavy atom. The molecule has 1 aromatic carbocycles. The standard InChI is InChI=1S/C18H18N2O4/c1-13-10-15(19-24-13)11-20(2)18(21)17-14(8-9-22-17)12-23-16-6-4-3-5-7-16/h3-10H,11-12H2,1-2H3. The first kappa shape index (κ1) is 15.9. The van der Waals surface area contributed by atoms with E-state index < -0.39 is 0 Å². The van der Waals surface area contributed by atoms with Crippen LogP contribution in [0.3, 0.4) is 0 Å². The van der Waals surface area contributed by atoms with Crippen molar-refractivity contribution >= 4 is 5.91 Å². The number of aryl methyl sites for hydroxylation is 1. The van der Waals surface area contributed by atoms with Gasteiger partial charge in [0.05, 0.1) is 12.8 Å². The molecule has 0 fully saturated rings. The molecule has 3 rings (SSSR count). The molecule has 2 heterocycles. The molecule has 2 aromatic heterocycles. The molecule has 3 aromatic rings. The van der Waals surface area contributed by atoms with Crippen molar-refractivity contribution in [2.45, 2.75) is 20.1 Å². The summed E-state index contributed by atoms with van der Waals surface area (Å²) in [7, 11) is 1.69. The highest BCUT2D eigenvalue weighted by molar-refractivity contribution is 5.92. The fourth-order valence-corrected chi connectivity index (χ4v) is 2.30. The Morgan fingerprint density at radius 3 is 2.75 bits per heavy atom. The lowest BCUT2D eigenvalue weighted by atomic mass is 10.2. The van der Waals surface area contributed by atoms with Gasteiger partial charge in [-0.1, -0.05) is 23.4 Å². The third kappa shape index (κ3) is 3.65. The van der Waals surface area contributed by atoms with Gasteiger partial charge >= 0.3 is 0 Å². The Bertz CT molecular complexity index is 807. The van der Waals surface area contributed by atoms with Gasteiger partial charge in [-0.2, -0.15) is 0 Å². The van der Waals surface area contributed by atoms with Gasteiger partial charge < -0.3 is 18.6 Å². The van der Waals surface area contributed by atoms with Crippen LogP contribution in [0.1, 0.15) is 27.6 Å². The summed E-state index contributed by atoms with van der Waals surface area (Å²) in [5.74, 6) is 1.49. The van der Waals surface area contributed by atoms with E-state index >= 15 is 0 Å². The lowest BCUT2D eigenvalue weighted by Gasteiger charge is -2.15. The van der Waals surface area contributed by atoms with Crippen molar-refractivity contribution in [2.24, 2.45) is 0 Å². The van der Waals surface area contributed by atoms with E-state index in [4.69, 9.17) is 13.7 Å². The summed E-state index contributed by atoms with van der Waals surface area (Å²) in [6.45, 7) is 2.41. The highest BCUT2D eigenvalue weighted by atomic mass is 16.5. The van der Waals surface area contributed by atoms with Gasteiger partial charge in [-0.15, -0.1) is 0 Å². The van der Waals surface area contributed by atoms with Crippen molar-refractivity contribution in [2.75, 3.05) is 7.05 Å². The average molecular weight is 326 g/mol. The monoisotopic (exact) mass is 326 g/mol. The van der Waals surface area contributed by atoms with Crippen molar-refractivity contribution in [1.82, 2.24) is 10.1 Å². The second-order valence-electron chi connectivity index (χ2n) is 5.47. The second kappa shape index (κ2) is 7.04. The summed E-state index contributed by atoms with van der Waals surface area (Å²) in [5, 5.41) is 3.89. The molecule has 0 aliphatic carbocycles. The van der Waals surface area contributed by atoms with Gasteiger partial charge in [0.2, 0.25) is 0 Å². The van der Waals surface area contributed by atoms with Gasteiger partial charge in [-0.3, -0.25) is 4.79 Å². The van der Waals surface area contributed by atoms with E-state index in [1.54, 1.807) is 19.2 Å². The molecule has 0 N–H and O–H groups in total. The molecule has 0 radical (unpaired) electrons. The molecule has 0 unspecified atom stereocenters. The maximum atomic E-state index is 12.6. The van der Waals surface area contributed by atoms with E-state index in [9.17, 15) is 4.79 Å². The van der Waals surface area contributed by atoms with Gasteiger partial charge in [0.25, 0.3) is 5.91 Å². The van der Waals surface area contributed by atoms with Crippen LogP contribution in [0.5, 0.6) is 5.75 Å². The van der Waals surface area contributed by atoms with Crippen LogP contribution in [-0.2, 0) is 13.2 Å². The first-order chi connectivity index (χ1) is 11.6. The third-order valence-electron chi connectivity index (χ3n) is 3.50. The Balaban J connectivity index is 1.66. The minimum atomic E-state index is -0.229. The smallest absolute Gasteiger partial charge is 0.290 e. The summed E-state index contributed by atoms with van der Waals surface area (Å²) in [4.78, 5) is 14.1. The van der Waals surface area contributed by atoms with Crippen LogP contribution in [0.25, 0.3) is 0 Å². The molecule has 124 valence electrons. The van der Waals surface area contributed by atoms with Crippen LogP contribution < -0.4 is 4.74 Å². The fourth-order valence-electron chi connectivity index (χ4n) is 2.30. The van der Waals surface area contributed by atoms with E-state index in [1.807, 2.05) is 37.3 Å². The zero-order valence-electron chi connectivity index (χ0n) is 13.6. The quantitative estimate of drug-likeness (QED) is 0.694. The van der Waals surface area contributed by atoms with Crippen molar-refractivity contribution < 1.29 is 18.5 Å². The molecule has 0 aliphatic heterocycles. The van der Waals surface area contributed by atoms with Crippen LogP contribution in [0.15, 0.2) is 57.7 Å². The first-order valence-electron chi connectivity index (χ1n) is 7.55.